The van der Waals surface area contributed by atoms with Gasteiger partial charge in [0.25, 0.3) is 0 Å². The molecule has 0 amide bonds. The van der Waals surface area contributed by atoms with E-state index in [1.165, 1.54) is 0 Å². The first-order chi connectivity index (χ1) is 5.79. The molecule has 7 heteroatoms. The number of hydrogen-bond donors (Lipinski definition) is 2. The summed E-state index contributed by atoms with van der Waals surface area (Å²) in [6.07, 6.45) is 4.84. The molecule has 2 N–H and O–H groups in total. The number of rotatable bonds is 4. The molecule has 0 aliphatic rings. The van der Waals surface area contributed by atoms with Gasteiger partial charge in [0.15, 0.2) is 0 Å². The number of unbranched alkanes of at least 4 members (excludes halogenated alkanes) is 1. The molecule has 0 heterocycles. The smallest absolute Gasteiger partial charge is 0.469 e. The number of phosphoric ester groups is 1. The van der Waals surface area contributed by atoms with E-state index in [9.17, 15) is 9.12 Å². The van der Waals surface area contributed by atoms with E-state index in [0.717, 1.165) is 6.42 Å². The molecule has 0 aromatic heterocycles. The van der Waals surface area contributed by atoms with Gasteiger partial charge >= 0.3 is 7.82 Å². The molecule has 5 nitrogen and oxygen atoms in total. The van der Waals surface area contributed by atoms with Crippen LogP contribution in [0.2, 0.25) is 0 Å². The van der Waals surface area contributed by atoms with E-state index in [0.29, 0.717) is 6.42 Å². The molecule has 0 atom stereocenters. The van der Waals surface area contributed by atoms with Gasteiger partial charge in [0.2, 0.25) is 0 Å². The van der Waals surface area contributed by atoms with Crippen molar-refractivity contribution in [3.05, 3.63) is 0 Å². The van der Waals surface area contributed by atoms with Crippen LogP contribution in [0, 0.1) is 0 Å². The van der Waals surface area contributed by atoms with Gasteiger partial charge in [-0.15, -0.1) is 0 Å². The van der Waals surface area contributed by atoms with Crippen LogP contribution in [-0.4, -0.2) is 33.5 Å². The van der Waals surface area contributed by atoms with Crippen molar-refractivity contribution >= 4 is 19.0 Å². The van der Waals surface area contributed by atoms with Gasteiger partial charge in [0, 0.05) is 0 Å². The highest BCUT2D eigenvalue weighted by Crippen LogP contribution is 2.35. The molecule has 0 aliphatic heterocycles. The fourth-order valence-corrected chi connectivity index (χ4v) is 0.695. The summed E-state index contributed by atoms with van der Waals surface area (Å²) in [7, 11) is -4.20. The molecule has 0 saturated heterocycles. The zero-order chi connectivity index (χ0) is 10.9. The lowest BCUT2D eigenvalue weighted by atomic mass is 10.4. The highest BCUT2D eigenvalue weighted by Gasteiger charge is 2.11. The van der Waals surface area contributed by atoms with E-state index >= 15 is 0 Å². The molecule has 0 spiro atoms. The van der Waals surface area contributed by atoms with Crippen molar-refractivity contribution in [2.24, 2.45) is 0 Å². The highest BCUT2D eigenvalue weighted by atomic mass is 32.2. The molecular weight excluding hydrogens is 215 g/mol. The SMILES string of the molecule is CCCCOP(=O)(O)O.C[S+](C)[O-]. The van der Waals surface area contributed by atoms with Crippen molar-refractivity contribution in [3.63, 3.8) is 0 Å². The van der Waals surface area contributed by atoms with Gasteiger partial charge in [-0.3, -0.25) is 4.52 Å². The Balaban J connectivity index is 0. The van der Waals surface area contributed by atoms with Gasteiger partial charge in [-0.1, -0.05) is 24.5 Å². The Morgan fingerprint density at radius 3 is 2.08 bits per heavy atom. The molecule has 0 radical (unpaired) electrons. The maximum atomic E-state index is 9.98. The van der Waals surface area contributed by atoms with Crippen LogP contribution in [0.15, 0.2) is 0 Å². The molecule has 0 unspecified atom stereocenters. The van der Waals surface area contributed by atoms with E-state index < -0.39 is 19.0 Å². The van der Waals surface area contributed by atoms with E-state index in [4.69, 9.17) is 9.79 Å². The normalized spacial score (nSPS) is 11.0. The van der Waals surface area contributed by atoms with E-state index in [1.807, 2.05) is 6.92 Å². The third-order valence-electron chi connectivity index (χ3n) is 0.757. The Morgan fingerprint density at radius 2 is 1.85 bits per heavy atom. The summed E-state index contributed by atoms with van der Waals surface area (Å²) in [5.74, 6) is 0. The molecule has 0 bridgehead atoms. The van der Waals surface area contributed by atoms with Gasteiger partial charge in [-0.2, -0.15) is 0 Å². The molecule has 0 aromatic rings. The summed E-state index contributed by atoms with van der Waals surface area (Å²) < 4.78 is 23.7. The van der Waals surface area contributed by atoms with Crippen LogP contribution in [0.4, 0.5) is 0 Å². The molecule has 0 aromatic carbocycles. The standard InChI is InChI=1S/C4H11O4P.C2H6OS/c1-2-3-4-8-9(5,6)7;1-4(2)3/h2-4H2,1H3,(H2,5,6,7);1-2H3. The second-order valence-electron chi connectivity index (χ2n) is 2.42. The average Bonchev–Trinajstić information content (AvgIpc) is 1.83. The van der Waals surface area contributed by atoms with E-state index in [2.05, 4.69) is 4.52 Å². The zero-order valence-corrected chi connectivity index (χ0v) is 9.81. The molecule has 0 rings (SSSR count). The summed E-state index contributed by atoms with van der Waals surface area (Å²) in [6, 6.07) is 0. The topological polar surface area (TPSA) is 89.8 Å². The summed E-state index contributed by atoms with van der Waals surface area (Å²) in [6.45, 7) is 2.06. The number of phosphoric acid groups is 1. The van der Waals surface area contributed by atoms with Crippen molar-refractivity contribution in [1.29, 1.82) is 0 Å². The van der Waals surface area contributed by atoms with Crippen LogP contribution in [0.25, 0.3) is 0 Å². The lowest BCUT2D eigenvalue weighted by Crippen LogP contribution is -1.90. The van der Waals surface area contributed by atoms with Crippen LogP contribution >= 0.6 is 7.82 Å². The monoisotopic (exact) mass is 232 g/mol. The molecular formula is C6H17O5PS. The third-order valence-corrected chi connectivity index (χ3v) is 1.28. The van der Waals surface area contributed by atoms with Crippen LogP contribution < -0.4 is 0 Å². The van der Waals surface area contributed by atoms with Crippen LogP contribution in [0.5, 0.6) is 0 Å². The van der Waals surface area contributed by atoms with Crippen molar-refractivity contribution in [3.8, 4) is 0 Å². The quantitative estimate of drug-likeness (QED) is 0.427. The summed E-state index contributed by atoms with van der Waals surface area (Å²) in [4.78, 5) is 16.3. The Labute approximate surface area is 81.9 Å². The van der Waals surface area contributed by atoms with Gasteiger partial charge in [-0.05, 0) is 6.42 Å². The van der Waals surface area contributed by atoms with Crippen LogP contribution in [-0.2, 0) is 20.3 Å². The highest BCUT2D eigenvalue weighted by molar-refractivity contribution is 7.89. The van der Waals surface area contributed by atoms with Gasteiger partial charge in [0.05, 0.1) is 19.1 Å². The zero-order valence-electron chi connectivity index (χ0n) is 8.10. The second-order valence-corrected chi connectivity index (χ2v) is 5.14. The summed E-state index contributed by atoms with van der Waals surface area (Å²) in [5, 5.41) is 0. The Kier molecular flexibility index (Phi) is 11.0. The molecule has 13 heavy (non-hydrogen) atoms. The van der Waals surface area contributed by atoms with Crippen LogP contribution in [0.3, 0.4) is 0 Å². The predicted molar refractivity (Wildman–Crippen MR) is 52.9 cm³/mol. The molecule has 82 valence electrons. The minimum atomic E-state index is -4.20. The molecule has 0 fully saturated rings. The maximum Gasteiger partial charge on any atom is 0.469 e. The van der Waals surface area contributed by atoms with Crippen molar-refractivity contribution in [2.45, 2.75) is 19.8 Å². The average molecular weight is 232 g/mol. The van der Waals surface area contributed by atoms with E-state index in [1.54, 1.807) is 12.5 Å². The molecule has 0 aliphatic carbocycles. The first-order valence-electron chi connectivity index (χ1n) is 3.74. The Morgan fingerprint density at radius 1 is 1.46 bits per heavy atom. The summed E-state index contributed by atoms with van der Waals surface area (Å²) in [5.41, 5.74) is 0. The fraction of sp³-hybridized carbons (Fsp3) is 1.00. The maximum absolute atomic E-state index is 9.98. The summed E-state index contributed by atoms with van der Waals surface area (Å²) >= 11 is -0.611. The Hall–Kier alpha value is 0.420. The lowest BCUT2D eigenvalue weighted by Gasteiger charge is -2.02. The van der Waals surface area contributed by atoms with E-state index in [-0.39, 0.29) is 6.61 Å². The van der Waals surface area contributed by atoms with Gasteiger partial charge in [-0.25, -0.2) is 4.57 Å². The van der Waals surface area contributed by atoms with Gasteiger partial charge in [0.1, 0.15) is 0 Å². The van der Waals surface area contributed by atoms with Crippen LogP contribution in [0.1, 0.15) is 19.8 Å². The fourth-order valence-electron chi connectivity index (χ4n) is 0.328. The minimum Gasteiger partial charge on any atom is -0.617 e. The van der Waals surface area contributed by atoms with Crippen molar-refractivity contribution in [1.82, 2.24) is 0 Å². The third kappa shape index (κ3) is 32.7. The first-order valence-corrected chi connectivity index (χ1v) is 7.24. The second kappa shape index (κ2) is 8.99. The largest absolute Gasteiger partial charge is 0.617 e. The lowest BCUT2D eigenvalue weighted by molar-refractivity contribution is 0.194. The predicted octanol–water partition coefficient (Wildman–Crippen LogP) is 0.891. The van der Waals surface area contributed by atoms with Gasteiger partial charge < -0.3 is 14.3 Å². The first kappa shape index (κ1) is 15.9. The Bertz CT molecular complexity index is 143. The number of hydrogen-bond acceptors (Lipinski definition) is 3. The van der Waals surface area contributed by atoms with Crippen molar-refractivity contribution < 1.29 is 23.4 Å². The van der Waals surface area contributed by atoms with Crippen molar-refractivity contribution in [2.75, 3.05) is 19.1 Å². The molecule has 0 saturated carbocycles. The minimum absolute atomic E-state index is 0.140.